The predicted octanol–water partition coefficient (Wildman–Crippen LogP) is 3.28. The molecule has 0 radical (unpaired) electrons. The van der Waals surface area contributed by atoms with E-state index in [0.717, 1.165) is 23.7 Å². The highest BCUT2D eigenvalue weighted by Gasteiger charge is 2.14. The first kappa shape index (κ1) is 15.9. The van der Waals surface area contributed by atoms with Gasteiger partial charge in [-0.05, 0) is 27.2 Å². The van der Waals surface area contributed by atoms with E-state index in [1.807, 2.05) is 0 Å². The van der Waals surface area contributed by atoms with Crippen LogP contribution in [0.2, 0.25) is 0 Å². The van der Waals surface area contributed by atoms with Crippen molar-refractivity contribution in [3.8, 4) is 5.75 Å². The minimum absolute atomic E-state index is 0.0605. The van der Waals surface area contributed by atoms with Crippen molar-refractivity contribution in [2.45, 2.75) is 66.0 Å². The largest absolute Gasteiger partial charge is 0.490 e. The summed E-state index contributed by atoms with van der Waals surface area (Å²) in [5.74, 6) is 1.99. The second-order valence-electron chi connectivity index (χ2n) is 6.15. The molecule has 1 heterocycles. The Labute approximate surface area is 117 Å². The van der Waals surface area contributed by atoms with Gasteiger partial charge in [-0.25, -0.2) is 9.97 Å². The first-order valence-electron chi connectivity index (χ1n) is 7.07. The van der Waals surface area contributed by atoms with Crippen molar-refractivity contribution in [1.82, 2.24) is 15.3 Å². The minimum atomic E-state index is 0.0605. The van der Waals surface area contributed by atoms with Gasteiger partial charge in [0, 0.05) is 18.0 Å². The summed E-state index contributed by atoms with van der Waals surface area (Å²) >= 11 is 0. The summed E-state index contributed by atoms with van der Waals surface area (Å²) in [6, 6.07) is 0. The zero-order valence-electron chi connectivity index (χ0n) is 13.1. The van der Waals surface area contributed by atoms with Crippen LogP contribution in [0.4, 0.5) is 0 Å². The molecule has 0 fully saturated rings. The van der Waals surface area contributed by atoms with Crippen LogP contribution in [0.15, 0.2) is 6.20 Å². The average Bonchev–Trinajstić information content (AvgIpc) is 2.33. The molecule has 0 atom stereocenters. The molecule has 0 amide bonds. The van der Waals surface area contributed by atoms with Gasteiger partial charge in [0.05, 0.1) is 18.5 Å². The lowest BCUT2D eigenvalue weighted by atomic mass is 10.1. The van der Waals surface area contributed by atoms with Crippen molar-refractivity contribution < 1.29 is 4.74 Å². The van der Waals surface area contributed by atoms with Crippen molar-refractivity contribution >= 4 is 0 Å². The first-order chi connectivity index (χ1) is 8.83. The van der Waals surface area contributed by atoms with E-state index in [2.05, 4.69) is 56.8 Å². The normalized spacial score (nSPS) is 11.9. The van der Waals surface area contributed by atoms with Crippen LogP contribution in [0.1, 0.15) is 65.4 Å². The molecule has 1 rings (SSSR count). The van der Waals surface area contributed by atoms with E-state index in [4.69, 9.17) is 4.74 Å². The maximum Gasteiger partial charge on any atom is 0.160 e. The average molecular weight is 265 g/mol. The Balaban J connectivity index is 2.90. The molecule has 1 aromatic rings. The molecule has 19 heavy (non-hydrogen) atoms. The molecule has 1 aromatic heterocycles. The SMILES string of the molecule is CCCOc1cnc(C(C)C)nc1CNC(C)(C)C. The zero-order valence-corrected chi connectivity index (χ0v) is 13.1. The molecule has 0 aliphatic heterocycles. The van der Waals surface area contributed by atoms with E-state index in [9.17, 15) is 0 Å². The standard InChI is InChI=1S/C15H27N3O/c1-7-8-19-13-10-16-14(11(2)3)18-12(13)9-17-15(4,5)6/h10-11,17H,7-9H2,1-6H3. The van der Waals surface area contributed by atoms with Crippen molar-refractivity contribution in [2.75, 3.05) is 6.61 Å². The molecule has 0 saturated carbocycles. The van der Waals surface area contributed by atoms with Gasteiger partial charge in [-0.1, -0.05) is 20.8 Å². The quantitative estimate of drug-likeness (QED) is 0.857. The van der Waals surface area contributed by atoms with Gasteiger partial charge in [-0.2, -0.15) is 0 Å². The number of ether oxygens (including phenoxy) is 1. The fourth-order valence-electron chi connectivity index (χ4n) is 1.51. The predicted molar refractivity (Wildman–Crippen MR) is 78.5 cm³/mol. The van der Waals surface area contributed by atoms with Crippen molar-refractivity contribution in [3.63, 3.8) is 0 Å². The van der Waals surface area contributed by atoms with Gasteiger partial charge >= 0.3 is 0 Å². The molecule has 0 unspecified atom stereocenters. The number of rotatable bonds is 6. The fourth-order valence-corrected chi connectivity index (χ4v) is 1.51. The smallest absolute Gasteiger partial charge is 0.160 e. The summed E-state index contributed by atoms with van der Waals surface area (Å²) in [7, 11) is 0. The summed E-state index contributed by atoms with van der Waals surface area (Å²) < 4.78 is 5.72. The Bertz CT molecular complexity index is 397. The zero-order chi connectivity index (χ0) is 14.5. The molecule has 108 valence electrons. The lowest BCUT2D eigenvalue weighted by molar-refractivity contribution is 0.306. The number of hydrogen-bond acceptors (Lipinski definition) is 4. The number of nitrogens with zero attached hydrogens (tertiary/aromatic N) is 2. The van der Waals surface area contributed by atoms with Crippen LogP contribution in [-0.2, 0) is 6.54 Å². The molecule has 1 N–H and O–H groups in total. The highest BCUT2D eigenvalue weighted by molar-refractivity contribution is 5.25. The van der Waals surface area contributed by atoms with Crippen molar-refractivity contribution in [1.29, 1.82) is 0 Å². The summed E-state index contributed by atoms with van der Waals surface area (Å²) in [6.07, 6.45) is 2.79. The van der Waals surface area contributed by atoms with E-state index in [1.165, 1.54) is 0 Å². The van der Waals surface area contributed by atoms with Gasteiger partial charge < -0.3 is 10.1 Å². The Morgan fingerprint density at radius 1 is 1.32 bits per heavy atom. The maximum absolute atomic E-state index is 5.72. The third-order valence-electron chi connectivity index (χ3n) is 2.61. The van der Waals surface area contributed by atoms with Crippen LogP contribution >= 0.6 is 0 Å². The van der Waals surface area contributed by atoms with E-state index >= 15 is 0 Å². The number of nitrogens with one attached hydrogen (secondary N) is 1. The minimum Gasteiger partial charge on any atom is -0.490 e. The lowest BCUT2D eigenvalue weighted by Crippen LogP contribution is -2.35. The van der Waals surface area contributed by atoms with Crippen LogP contribution in [0.3, 0.4) is 0 Å². The Hall–Kier alpha value is -1.16. The van der Waals surface area contributed by atoms with E-state index < -0.39 is 0 Å². The molecule has 0 spiro atoms. The van der Waals surface area contributed by atoms with E-state index in [0.29, 0.717) is 19.1 Å². The molecule has 0 bridgehead atoms. The van der Waals surface area contributed by atoms with Gasteiger partial charge in [0.2, 0.25) is 0 Å². The summed E-state index contributed by atoms with van der Waals surface area (Å²) in [5, 5.41) is 3.45. The maximum atomic E-state index is 5.72. The second-order valence-corrected chi connectivity index (χ2v) is 6.15. The Morgan fingerprint density at radius 2 is 2.00 bits per heavy atom. The molecule has 0 saturated heterocycles. The highest BCUT2D eigenvalue weighted by Crippen LogP contribution is 2.19. The fraction of sp³-hybridized carbons (Fsp3) is 0.733. The third kappa shape index (κ3) is 5.55. The van der Waals surface area contributed by atoms with Crippen LogP contribution < -0.4 is 10.1 Å². The molecule has 4 heteroatoms. The van der Waals surface area contributed by atoms with Crippen LogP contribution in [0.25, 0.3) is 0 Å². The monoisotopic (exact) mass is 265 g/mol. The molecule has 0 aliphatic rings. The van der Waals surface area contributed by atoms with Gasteiger partial charge in [0.1, 0.15) is 5.82 Å². The molecule has 0 aliphatic carbocycles. The molecular formula is C15H27N3O. The second kappa shape index (κ2) is 6.85. The van der Waals surface area contributed by atoms with Crippen LogP contribution in [0, 0.1) is 0 Å². The van der Waals surface area contributed by atoms with Gasteiger partial charge in [0.15, 0.2) is 5.75 Å². The third-order valence-corrected chi connectivity index (χ3v) is 2.61. The van der Waals surface area contributed by atoms with E-state index in [1.54, 1.807) is 6.20 Å². The van der Waals surface area contributed by atoms with E-state index in [-0.39, 0.29) is 5.54 Å². The lowest BCUT2D eigenvalue weighted by Gasteiger charge is -2.21. The summed E-state index contributed by atoms with van der Waals surface area (Å²) in [6.45, 7) is 14.1. The van der Waals surface area contributed by atoms with Crippen molar-refractivity contribution in [3.05, 3.63) is 17.7 Å². The molecule has 4 nitrogen and oxygen atoms in total. The Morgan fingerprint density at radius 3 is 2.53 bits per heavy atom. The van der Waals surface area contributed by atoms with Gasteiger partial charge in [0.25, 0.3) is 0 Å². The van der Waals surface area contributed by atoms with Gasteiger partial charge in [-0.3, -0.25) is 0 Å². The molecule has 0 aromatic carbocycles. The summed E-state index contributed by atoms with van der Waals surface area (Å²) in [5.41, 5.74) is 1.01. The first-order valence-corrected chi connectivity index (χ1v) is 7.07. The van der Waals surface area contributed by atoms with Crippen LogP contribution in [-0.4, -0.2) is 22.1 Å². The number of hydrogen-bond donors (Lipinski definition) is 1. The summed E-state index contributed by atoms with van der Waals surface area (Å²) in [4.78, 5) is 9.00. The number of aromatic nitrogens is 2. The van der Waals surface area contributed by atoms with Crippen molar-refractivity contribution in [2.24, 2.45) is 0 Å². The van der Waals surface area contributed by atoms with Gasteiger partial charge in [-0.15, -0.1) is 0 Å². The topological polar surface area (TPSA) is 47.0 Å². The highest BCUT2D eigenvalue weighted by atomic mass is 16.5. The molecular weight excluding hydrogens is 238 g/mol. The van der Waals surface area contributed by atoms with Crippen LogP contribution in [0.5, 0.6) is 5.75 Å². The Kier molecular flexibility index (Phi) is 5.73.